The van der Waals surface area contributed by atoms with Crippen molar-refractivity contribution in [3.05, 3.63) is 48.0 Å². The number of amides is 2. The Morgan fingerprint density at radius 1 is 1.38 bits per heavy atom. The molecule has 2 rings (SSSR count). The van der Waals surface area contributed by atoms with Crippen LogP contribution in [-0.4, -0.2) is 32.8 Å². The van der Waals surface area contributed by atoms with Crippen LogP contribution in [0.2, 0.25) is 0 Å². The van der Waals surface area contributed by atoms with Crippen LogP contribution >= 0.6 is 0 Å². The van der Waals surface area contributed by atoms with E-state index in [1.54, 1.807) is 36.0 Å². The number of carbonyl (C=O) groups is 2. The Labute approximate surface area is 122 Å². The molecule has 1 heterocycles. The van der Waals surface area contributed by atoms with Crippen LogP contribution < -0.4 is 11.5 Å². The van der Waals surface area contributed by atoms with E-state index in [1.807, 2.05) is 6.07 Å². The quantitative estimate of drug-likeness (QED) is 0.762. The standard InChI is InChI=1S/C14H17N5O2/c1-18-7-12(17-9-18)14(21)19(8-13(16)20)6-10-3-2-4-11(15)5-10/h2-5,7,9H,6,8,15H2,1H3,(H2,16,20). The zero-order chi connectivity index (χ0) is 15.4. The lowest BCUT2D eigenvalue weighted by molar-refractivity contribution is -0.118. The predicted molar refractivity (Wildman–Crippen MR) is 78.0 cm³/mol. The number of aryl methyl sites for hydroxylation is 1. The fourth-order valence-electron chi connectivity index (χ4n) is 1.98. The van der Waals surface area contributed by atoms with Crippen molar-refractivity contribution in [2.75, 3.05) is 12.3 Å². The number of nitrogens with two attached hydrogens (primary N) is 2. The zero-order valence-corrected chi connectivity index (χ0v) is 11.7. The van der Waals surface area contributed by atoms with Crippen LogP contribution in [0, 0.1) is 0 Å². The van der Waals surface area contributed by atoms with Gasteiger partial charge in [0.25, 0.3) is 5.91 Å². The summed E-state index contributed by atoms with van der Waals surface area (Å²) >= 11 is 0. The van der Waals surface area contributed by atoms with E-state index in [1.165, 1.54) is 11.2 Å². The van der Waals surface area contributed by atoms with Gasteiger partial charge in [-0.1, -0.05) is 12.1 Å². The Morgan fingerprint density at radius 2 is 2.14 bits per heavy atom. The van der Waals surface area contributed by atoms with Crippen LogP contribution in [0.15, 0.2) is 36.8 Å². The van der Waals surface area contributed by atoms with Gasteiger partial charge in [-0.15, -0.1) is 0 Å². The Kier molecular flexibility index (Phi) is 4.22. The first kappa shape index (κ1) is 14.6. The summed E-state index contributed by atoms with van der Waals surface area (Å²) < 4.78 is 1.66. The van der Waals surface area contributed by atoms with Gasteiger partial charge in [0.1, 0.15) is 12.2 Å². The first-order chi connectivity index (χ1) is 9.95. The first-order valence-electron chi connectivity index (χ1n) is 6.35. The van der Waals surface area contributed by atoms with Crippen molar-refractivity contribution in [2.45, 2.75) is 6.54 Å². The highest BCUT2D eigenvalue weighted by atomic mass is 16.2. The molecule has 110 valence electrons. The molecule has 0 atom stereocenters. The number of hydrogen-bond acceptors (Lipinski definition) is 4. The van der Waals surface area contributed by atoms with Crippen molar-refractivity contribution in [2.24, 2.45) is 12.8 Å². The van der Waals surface area contributed by atoms with E-state index in [4.69, 9.17) is 11.5 Å². The van der Waals surface area contributed by atoms with Gasteiger partial charge >= 0.3 is 0 Å². The van der Waals surface area contributed by atoms with E-state index >= 15 is 0 Å². The van der Waals surface area contributed by atoms with Gasteiger partial charge in [0.15, 0.2) is 0 Å². The summed E-state index contributed by atoms with van der Waals surface area (Å²) in [6, 6.07) is 7.12. The van der Waals surface area contributed by atoms with Gasteiger partial charge in [-0.05, 0) is 17.7 Å². The molecule has 7 heteroatoms. The van der Waals surface area contributed by atoms with E-state index in [0.717, 1.165) is 5.56 Å². The highest BCUT2D eigenvalue weighted by Gasteiger charge is 2.20. The maximum atomic E-state index is 12.4. The minimum atomic E-state index is -0.580. The van der Waals surface area contributed by atoms with Crippen molar-refractivity contribution >= 4 is 17.5 Å². The van der Waals surface area contributed by atoms with Crippen LogP contribution in [0.1, 0.15) is 16.1 Å². The van der Waals surface area contributed by atoms with Gasteiger partial charge in [0, 0.05) is 25.5 Å². The van der Waals surface area contributed by atoms with Crippen LogP contribution in [0.25, 0.3) is 0 Å². The molecule has 21 heavy (non-hydrogen) atoms. The normalized spacial score (nSPS) is 10.3. The number of hydrogen-bond donors (Lipinski definition) is 2. The number of rotatable bonds is 5. The number of nitrogen functional groups attached to an aromatic ring is 1. The molecule has 0 aliphatic rings. The first-order valence-corrected chi connectivity index (χ1v) is 6.35. The summed E-state index contributed by atoms with van der Waals surface area (Å²) in [5.41, 5.74) is 12.6. The SMILES string of the molecule is Cn1cnc(C(=O)N(CC(N)=O)Cc2cccc(N)c2)c1. The molecule has 0 aliphatic carbocycles. The van der Waals surface area contributed by atoms with Gasteiger partial charge in [0.05, 0.1) is 6.33 Å². The molecule has 0 saturated heterocycles. The monoisotopic (exact) mass is 287 g/mol. The second-order valence-electron chi connectivity index (χ2n) is 4.80. The van der Waals surface area contributed by atoms with Crippen LogP contribution in [0.4, 0.5) is 5.69 Å². The summed E-state index contributed by atoms with van der Waals surface area (Å²) in [7, 11) is 1.76. The summed E-state index contributed by atoms with van der Waals surface area (Å²) in [4.78, 5) is 28.9. The molecule has 7 nitrogen and oxygen atoms in total. The van der Waals surface area contributed by atoms with Gasteiger partial charge in [-0.3, -0.25) is 9.59 Å². The summed E-state index contributed by atoms with van der Waals surface area (Å²) in [6.45, 7) is 0.0631. The van der Waals surface area contributed by atoms with E-state index in [9.17, 15) is 9.59 Å². The number of nitrogens with zero attached hydrogens (tertiary/aromatic N) is 3. The zero-order valence-electron chi connectivity index (χ0n) is 11.7. The Morgan fingerprint density at radius 3 is 2.71 bits per heavy atom. The van der Waals surface area contributed by atoms with Crippen molar-refractivity contribution in [3.63, 3.8) is 0 Å². The molecule has 1 aromatic carbocycles. The Balaban J connectivity index is 2.21. The molecule has 0 radical (unpaired) electrons. The minimum absolute atomic E-state index is 0.176. The number of carbonyl (C=O) groups excluding carboxylic acids is 2. The summed E-state index contributed by atoms with van der Waals surface area (Å²) in [6.07, 6.45) is 3.12. The fraction of sp³-hybridized carbons (Fsp3) is 0.214. The summed E-state index contributed by atoms with van der Waals surface area (Å²) in [5, 5.41) is 0. The number of aromatic nitrogens is 2. The third-order valence-electron chi connectivity index (χ3n) is 2.88. The predicted octanol–water partition coefficient (Wildman–Crippen LogP) is 0.130. The highest BCUT2D eigenvalue weighted by Crippen LogP contribution is 2.11. The van der Waals surface area contributed by atoms with Crippen molar-refractivity contribution in [1.82, 2.24) is 14.5 Å². The van der Waals surface area contributed by atoms with E-state index in [2.05, 4.69) is 4.98 Å². The lowest BCUT2D eigenvalue weighted by Crippen LogP contribution is -2.38. The van der Waals surface area contributed by atoms with Gasteiger partial charge in [0.2, 0.25) is 5.91 Å². The molecule has 0 spiro atoms. The van der Waals surface area contributed by atoms with Crippen molar-refractivity contribution in [1.29, 1.82) is 0 Å². The van der Waals surface area contributed by atoms with Gasteiger partial charge < -0.3 is 20.9 Å². The fourth-order valence-corrected chi connectivity index (χ4v) is 1.98. The van der Waals surface area contributed by atoms with Crippen LogP contribution in [-0.2, 0) is 18.4 Å². The van der Waals surface area contributed by atoms with Gasteiger partial charge in [-0.2, -0.15) is 0 Å². The molecular formula is C14H17N5O2. The third-order valence-corrected chi connectivity index (χ3v) is 2.88. The number of primary amides is 1. The minimum Gasteiger partial charge on any atom is -0.399 e. The molecule has 0 saturated carbocycles. The van der Waals surface area contributed by atoms with Gasteiger partial charge in [-0.25, -0.2) is 4.98 Å². The molecule has 0 unspecified atom stereocenters. The van der Waals surface area contributed by atoms with Crippen LogP contribution in [0.3, 0.4) is 0 Å². The second-order valence-corrected chi connectivity index (χ2v) is 4.80. The van der Waals surface area contributed by atoms with E-state index < -0.39 is 5.91 Å². The number of imidazole rings is 1. The number of anilines is 1. The third kappa shape index (κ3) is 3.82. The maximum absolute atomic E-state index is 12.4. The topological polar surface area (TPSA) is 107 Å². The van der Waals surface area contributed by atoms with Crippen molar-refractivity contribution in [3.8, 4) is 0 Å². The van der Waals surface area contributed by atoms with E-state index in [0.29, 0.717) is 5.69 Å². The van der Waals surface area contributed by atoms with E-state index in [-0.39, 0.29) is 24.7 Å². The second kappa shape index (κ2) is 6.08. The highest BCUT2D eigenvalue weighted by molar-refractivity contribution is 5.94. The molecule has 4 N–H and O–H groups in total. The molecule has 0 bridgehead atoms. The molecular weight excluding hydrogens is 270 g/mol. The number of benzene rings is 1. The largest absolute Gasteiger partial charge is 0.399 e. The Bertz CT molecular complexity index is 665. The molecule has 1 aromatic heterocycles. The van der Waals surface area contributed by atoms with Crippen LogP contribution in [0.5, 0.6) is 0 Å². The summed E-state index contributed by atoms with van der Waals surface area (Å²) in [5.74, 6) is -0.931. The van der Waals surface area contributed by atoms with Crippen molar-refractivity contribution < 1.29 is 9.59 Å². The molecule has 0 aliphatic heterocycles. The lowest BCUT2D eigenvalue weighted by Gasteiger charge is -2.20. The smallest absolute Gasteiger partial charge is 0.274 e. The average Bonchev–Trinajstić information content (AvgIpc) is 2.83. The molecule has 2 amide bonds. The maximum Gasteiger partial charge on any atom is 0.274 e. The lowest BCUT2D eigenvalue weighted by atomic mass is 10.2. The Hall–Kier alpha value is -2.83. The average molecular weight is 287 g/mol. The molecule has 2 aromatic rings. The molecule has 0 fully saturated rings.